The number of nitrogens with zero attached hydrogens (tertiary/aromatic N) is 1. The Bertz CT molecular complexity index is 615. The van der Waals surface area contributed by atoms with Gasteiger partial charge in [0.05, 0.1) is 25.6 Å². The lowest BCUT2D eigenvalue weighted by Crippen LogP contribution is -2.16. The third kappa shape index (κ3) is 2.03. The Morgan fingerprint density at radius 2 is 1.50 bits per heavy atom. The molecule has 1 aliphatic heterocycles. The van der Waals surface area contributed by atoms with Crippen molar-refractivity contribution >= 4 is 11.4 Å². The molecule has 2 aromatic carbocycles. The van der Waals surface area contributed by atoms with E-state index >= 15 is 0 Å². The molecule has 20 heavy (non-hydrogen) atoms. The van der Waals surface area contributed by atoms with E-state index in [2.05, 4.69) is 29.2 Å². The molecular weight excluding hydrogens is 252 g/mol. The topological polar surface area (TPSA) is 47.7 Å². The second kappa shape index (κ2) is 4.96. The largest absolute Gasteiger partial charge is 0.493 e. The SMILES string of the molecule is COc1cc(N)c(N2Cc3ccccc3C2)cc1OC. The van der Waals surface area contributed by atoms with E-state index in [1.807, 2.05) is 12.1 Å². The van der Waals surface area contributed by atoms with E-state index in [-0.39, 0.29) is 0 Å². The lowest BCUT2D eigenvalue weighted by atomic mass is 10.1. The van der Waals surface area contributed by atoms with Crippen molar-refractivity contribution in [3.63, 3.8) is 0 Å². The van der Waals surface area contributed by atoms with E-state index in [0.717, 1.165) is 18.8 Å². The van der Waals surface area contributed by atoms with E-state index in [9.17, 15) is 0 Å². The van der Waals surface area contributed by atoms with Crippen molar-refractivity contribution in [1.29, 1.82) is 0 Å². The summed E-state index contributed by atoms with van der Waals surface area (Å²) >= 11 is 0. The first-order valence-corrected chi connectivity index (χ1v) is 6.56. The fourth-order valence-electron chi connectivity index (χ4n) is 2.66. The van der Waals surface area contributed by atoms with Gasteiger partial charge in [0.15, 0.2) is 11.5 Å². The lowest BCUT2D eigenvalue weighted by Gasteiger charge is -2.21. The van der Waals surface area contributed by atoms with E-state index in [1.54, 1.807) is 14.2 Å². The van der Waals surface area contributed by atoms with Crippen LogP contribution in [0, 0.1) is 0 Å². The first-order valence-electron chi connectivity index (χ1n) is 6.56. The summed E-state index contributed by atoms with van der Waals surface area (Å²) in [5.41, 5.74) is 10.5. The van der Waals surface area contributed by atoms with Crippen LogP contribution in [0.1, 0.15) is 11.1 Å². The van der Waals surface area contributed by atoms with Gasteiger partial charge < -0.3 is 20.1 Å². The smallest absolute Gasteiger partial charge is 0.162 e. The first-order chi connectivity index (χ1) is 9.72. The molecule has 0 spiro atoms. The van der Waals surface area contributed by atoms with Crippen LogP contribution in [0.15, 0.2) is 36.4 Å². The van der Waals surface area contributed by atoms with Crippen molar-refractivity contribution in [3.05, 3.63) is 47.5 Å². The molecule has 0 saturated heterocycles. The number of anilines is 2. The molecule has 2 N–H and O–H groups in total. The van der Waals surface area contributed by atoms with E-state index in [4.69, 9.17) is 15.2 Å². The summed E-state index contributed by atoms with van der Waals surface area (Å²) in [7, 11) is 3.25. The highest BCUT2D eigenvalue weighted by molar-refractivity contribution is 5.74. The van der Waals surface area contributed by atoms with Crippen LogP contribution in [0.4, 0.5) is 11.4 Å². The predicted molar refractivity (Wildman–Crippen MR) is 80.3 cm³/mol. The Kier molecular flexibility index (Phi) is 3.14. The average molecular weight is 270 g/mol. The van der Waals surface area contributed by atoms with Crippen LogP contribution in [0.5, 0.6) is 11.5 Å². The van der Waals surface area contributed by atoms with E-state index < -0.39 is 0 Å². The maximum atomic E-state index is 6.16. The van der Waals surface area contributed by atoms with Gasteiger partial charge >= 0.3 is 0 Å². The molecular formula is C16H18N2O2. The zero-order chi connectivity index (χ0) is 14.1. The number of nitrogens with two attached hydrogens (primary N) is 1. The van der Waals surface area contributed by atoms with Gasteiger partial charge in [-0.1, -0.05) is 24.3 Å². The zero-order valence-electron chi connectivity index (χ0n) is 11.7. The minimum absolute atomic E-state index is 0.658. The standard InChI is InChI=1S/C16H18N2O2/c1-19-15-7-13(17)14(8-16(15)20-2)18-9-11-5-3-4-6-12(11)10-18/h3-8H,9-10,17H2,1-2H3. The number of fused-ring (bicyclic) bond motifs is 1. The van der Waals surface area contributed by atoms with Crippen molar-refractivity contribution in [1.82, 2.24) is 0 Å². The van der Waals surface area contributed by atoms with Crippen LogP contribution >= 0.6 is 0 Å². The summed E-state index contributed by atoms with van der Waals surface area (Å²) in [6.45, 7) is 1.74. The molecule has 0 radical (unpaired) electrons. The molecule has 104 valence electrons. The van der Waals surface area contributed by atoms with Gasteiger partial charge in [-0.3, -0.25) is 0 Å². The minimum Gasteiger partial charge on any atom is -0.493 e. The van der Waals surface area contributed by atoms with Crippen LogP contribution in [0.2, 0.25) is 0 Å². The summed E-state index contributed by atoms with van der Waals surface area (Å²) in [5.74, 6) is 1.36. The Balaban J connectivity index is 1.96. The summed E-state index contributed by atoms with van der Waals surface area (Å²) < 4.78 is 10.6. The van der Waals surface area contributed by atoms with Gasteiger partial charge in [-0.05, 0) is 11.1 Å². The third-order valence-corrected chi connectivity index (χ3v) is 3.71. The van der Waals surface area contributed by atoms with Crippen LogP contribution in [0.3, 0.4) is 0 Å². The van der Waals surface area contributed by atoms with Crippen LogP contribution in [-0.4, -0.2) is 14.2 Å². The molecule has 1 heterocycles. The highest BCUT2D eigenvalue weighted by Gasteiger charge is 2.21. The molecule has 0 bridgehead atoms. The molecule has 0 aliphatic carbocycles. The first kappa shape index (κ1) is 12.7. The number of hydrogen-bond acceptors (Lipinski definition) is 4. The van der Waals surface area contributed by atoms with Gasteiger partial charge in [0.2, 0.25) is 0 Å². The van der Waals surface area contributed by atoms with Crippen LogP contribution in [-0.2, 0) is 13.1 Å². The fraction of sp³-hybridized carbons (Fsp3) is 0.250. The molecule has 0 saturated carbocycles. The number of hydrogen-bond donors (Lipinski definition) is 1. The minimum atomic E-state index is 0.658. The molecule has 3 rings (SSSR count). The molecule has 2 aromatic rings. The fourth-order valence-corrected chi connectivity index (χ4v) is 2.66. The van der Waals surface area contributed by atoms with Crippen molar-refractivity contribution in [3.8, 4) is 11.5 Å². The lowest BCUT2D eigenvalue weighted by molar-refractivity contribution is 0.355. The molecule has 4 heteroatoms. The summed E-state index contributed by atoms with van der Waals surface area (Å²) in [5, 5.41) is 0. The Hall–Kier alpha value is -2.36. The van der Waals surface area contributed by atoms with E-state index in [1.165, 1.54) is 11.1 Å². The molecule has 4 nitrogen and oxygen atoms in total. The maximum Gasteiger partial charge on any atom is 0.162 e. The molecule has 0 amide bonds. The van der Waals surface area contributed by atoms with Gasteiger partial charge in [-0.2, -0.15) is 0 Å². The molecule has 0 atom stereocenters. The summed E-state index contributed by atoms with van der Waals surface area (Å²) in [4.78, 5) is 2.25. The predicted octanol–water partition coefficient (Wildman–Crippen LogP) is 2.81. The number of methoxy groups -OCH3 is 2. The second-order valence-electron chi connectivity index (χ2n) is 4.89. The quantitative estimate of drug-likeness (QED) is 0.871. The average Bonchev–Trinajstić information content (AvgIpc) is 2.90. The molecule has 1 aliphatic rings. The zero-order valence-corrected chi connectivity index (χ0v) is 11.7. The Morgan fingerprint density at radius 3 is 2.05 bits per heavy atom. The van der Waals surface area contributed by atoms with Crippen molar-refractivity contribution in [2.75, 3.05) is 24.9 Å². The second-order valence-corrected chi connectivity index (χ2v) is 4.89. The van der Waals surface area contributed by atoms with Gasteiger partial charge in [-0.15, -0.1) is 0 Å². The third-order valence-electron chi connectivity index (χ3n) is 3.71. The van der Waals surface area contributed by atoms with Gasteiger partial charge in [-0.25, -0.2) is 0 Å². The van der Waals surface area contributed by atoms with Crippen molar-refractivity contribution in [2.24, 2.45) is 0 Å². The number of rotatable bonds is 3. The normalized spacial score (nSPS) is 13.2. The van der Waals surface area contributed by atoms with Crippen molar-refractivity contribution < 1.29 is 9.47 Å². The highest BCUT2D eigenvalue weighted by atomic mass is 16.5. The van der Waals surface area contributed by atoms with E-state index in [0.29, 0.717) is 17.2 Å². The Labute approximate surface area is 118 Å². The Morgan fingerprint density at radius 1 is 0.950 bits per heavy atom. The monoisotopic (exact) mass is 270 g/mol. The van der Waals surface area contributed by atoms with Gasteiger partial charge in [0, 0.05) is 25.2 Å². The highest BCUT2D eigenvalue weighted by Crippen LogP contribution is 2.39. The molecule has 0 aromatic heterocycles. The molecule has 0 unspecified atom stereocenters. The van der Waals surface area contributed by atoms with Gasteiger partial charge in [0.25, 0.3) is 0 Å². The van der Waals surface area contributed by atoms with Gasteiger partial charge in [0.1, 0.15) is 0 Å². The van der Waals surface area contributed by atoms with Crippen molar-refractivity contribution in [2.45, 2.75) is 13.1 Å². The summed E-state index contributed by atoms with van der Waals surface area (Å²) in [6.07, 6.45) is 0. The number of benzene rings is 2. The van der Waals surface area contributed by atoms with Crippen LogP contribution < -0.4 is 20.1 Å². The summed E-state index contributed by atoms with van der Waals surface area (Å²) in [6, 6.07) is 12.2. The van der Waals surface area contributed by atoms with Crippen LogP contribution in [0.25, 0.3) is 0 Å². The maximum absolute atomic E-state index is 6.16. The number of ether oxygens (including phenoxy) is 2. The number of nitrogen functional groups attached to an aromatic ring is 1. The molecule has 0 fully saturated rings.